The van der Waals surface area contributed by atoms with E-state index < -0.39 is 18.0 Å². The summed E-state index contributed by atoms with van der Waals surface area (Å²) in [6.45, 7) is 0. The predicted octanol–water partition coefficient (Wildman–Crippen LogP) is 4.64. The van der Waals surface area contributed by atoms with E-state index in [1.54, 1.807) is 60.9 Å². The summed E-state index contributed by atoms with van der Waals surface area (Å²) < 4.78 is 0. The molecule has 1 aliphatic heterocycles. The van der Waals surface area contributed by atoms with E-state index in [0.29, 0.717) is 16.5 Å². The monoisotopic (exact) mass is 462 g/mol. The van der Waals surface area contributed by atoms with Crippen molar-refractivity contribution in [3.8, 4) is 11.8 Å². The Morgan fingerprint density at radius 1 is 1.06 bits per heavy atom. The summed E-state index contributed by atoms with van der Waals surface area (Å²) in [4.78, 5) is 21.3. The molecule has 1 amide bonds. The van der Waals surface area contributed by atoms with Crippen LogP contribution < -0.4 is 10.3 Å². The largest absolute Gasteiger partial charge is 0.505 e. The van der Waals surface area contributed by atoms with Crippen molar-refractivity contribution in [1.82, 2.24) is 9.97 Å². The minimum atomic E-state index is -0.845. The van der Waals surface area contributed by atoms with Gasteiger partial charge in [-0.05, 0) is 29.7 Å². The maximum Gasteiger partial charge on any atom is 0.259 e. The molecule has 4 aromatic rings. The Morgan fingerprint density at radius 3 is 2.57 bits per heavy atom. The lowest BCUT2D eigenvalue weighted by Crippen LogP contribution is -2.30. The molecule has 0 radical (unpaired) electrons. The third-order valence-corrected chi connectivity index (χ3v) is 5.38. The van der Waals surface area contributed by atoms with Crippen LogP contribution in [-0.2, 0) is 0 Å². The van der Waals surface area contributed by atoms with Gasteiger partial charge in [0.2, 0.25) is 5.95 Å². The number of fused-ring (bicyclic) bond motifs is 1. The number of azo groups is 1. The number of nitrogens with one attached hydrogen (secondary N) is 1. The molecule has 2 N–H and O–H groups in total. The second-order valence-electron chi connectivity index (χ2n) is 7.60. The van der Waals surface area contributed by atoms with Gasteiger partial charge in [0.05, 0.1) is 11.6 Å². The second kappa shape index (κ2) is 9.36. The fourth-order valence-electron chi connectivity index (χ4n) is 3.67. The normalized spacial score (nSPS) is 17.1. The van der Waals surface area contributed by atoms with E-state index in [1.165, 1.54) is 11.2 Å². The van der Waals surface area contributed by atoms with E-state index in [4.69, 9.17) is 0 Å². The fraction of sp³-hybridized carbons (Fsp3) is 0.0800. The van der Waals surface area contributed by atoms with Crippen molar-refractivity contribution < 1.29 is 9.90 Å². The maximum atomic E-state index is 13.0. The first-order chi connectivity index (χ1) is 17.2. The number of hydrazone groups is 1. The summed E-state index contributed by atoms with van der Waals surface area (Å²) in [5.74, 6) is -1.26. The molecule has 5 rings (SSSR count). The maximum absolute atomic E-state index is 13.0. The molecule has 170 valence electrons. The van der Waals surface area contributed by atoms with E-state index in [9.17, 15) is 15.2 Å². The molecule has 0 bridgehead atoms. The number of aromatic hydroxyl groups is 1. The number of para-hydroxylation sites is 1. The third kappa shape index (κ3) is 4.26. The van der Waals surface area contributed by atoms with Gasteiger partial charge in [-0.25, -0.2) is 15.0 Å². The smallest absolute Gasteiger partial charge is 0.259 e. The number of rotatable bonds is 5. The van der Waals surface area contributed by atoms with E-state index in [0.717, 1.165) is 0 Å². The molecule has 2 atom stereocenters. The quantitative estimate of drug-likeness (QED) is 0.414. The third-order valence-electron chi connectivity index (χ3n) is 5.38. The first-order valence-electron chi connectivity index (χ1n) is 10.7. The van der Waals surface area contributed by atoms with Gasteiger partial charge in [-0.3, -0.25) is 4.79 Å². The van der Waals surface area contributed by atoms with Gasteiger partial charge < -0.3 is 10.4 Å². The summed E-state index contributed by atoms with van der Waals surface area (Å²) in [6.07, 6.45) is 3.71. The molecule has 1 aliphatic rings. The highest BCUT2D eigenvalue weighted by molar-refractivity contribution is 6.11. The first kappa shape index (κ1) is 21.7. The number of phenolic OH excluding ortho intramolecular Hbond substituents is 1. The van der Waals surface area contributed by atoms with Crippen LogP contribution in [0.1, 0.15) is 10.4 Å². The van der Waals surface area contributed by atoms with Crippen molar-refractivity contribution >= 4 is 40.2 Å². The molecule has 1 aromatic heterocycles. The Kier molecular flexibility index (Phi) is 5.80. The molecule has 10 nitrogen and oxygen atoms in total. The topological polar surface area (TPSA) is 139 Å². The summed E-state index contributed by atoms with van der Waals surface area (Å²) in [5.41, 5.74) is 0.745. The molecule has 0 fully saturated rings. The van der Waals surface area contributed by atoms with Crippen molar-refractivity contribution in [3.05, 3.63) is 84.7 Å². The van der Waals surface area contributed by atoms with Crippen LogP contribution in [0.15, 0.2) is 94.5 Å². The number of anilines is 2. The van der Waals surface area contributed by atoms with Gasteiger partial charge in [-0.1, -0.05) is 42.5 Å². The predicted molar refractivity (Wildman–Crippen MR) is 130 cm³/mol. The number of aromatic nitrogens is 2. The first-order valence-corrected chi connectivity index (χ1v) is 10.7. The van der Waals surface area contributed by atoms with E-state index in [-0.39, 0.29) is 22.9 Å². The van der Waals surface area contributed by atoms with Crippen molar-refractivity contribution in [2.45, 2.75) is 6.17 Å². The van der Waals surface area contributed by atoms with Gasteiger partial charge in [0.25, 0.3) is 5.91 Å². The Hall–Kier alpha value is -5.17. The molecule has 2 heterocycles. The second-order valence-corrected chi connectivity index (χ2v) is 7.60. The minimum Gasteiger partial charge on any atom is -0.505 e. The Balaban J connectivity index is 1.55. The van der Waals surface area contributed by atoms with Crippen molar-refractivity contribution in [1.29, 1.82) is 5.26 Å². The molecule has 3 aromatic carbocycles. The number of nitrogens with zero attached hydrogens (tertiary/aromatic N) is 7. The number of phenols is 1. The van der Waals surface area contributed by atoms with Crippen LogP contribution in [-0.4, -0.2) is 33.4 Å². The zero-order valence-electron chi connectivity index (χ0n) is 18.2. The number of carbonyl (C=O) groups is 1. The number of hydrogen-bond acceptors (Lipinski definition) is 9. The van der Waals surface area contributed by atoms with Crippen LogP contribution in [0.3, 0.4) is 0 Å². The number of amides is 1. The number of benzene rings is 3. The van der Waals surface area contributed by atoms with Gasteiger partial charge in [0.1, 0.15) is 11.6 Å². The lowest BCUT2D eigenvalue weighted by Gasteiger charge is -2.18. The van der Waals surface area contributed by atoms with Crippen LogP contribution in [0, 0.1) is 17.2 Å². The molecule has 0 aliphatic carbocycles. The Labute approximate surface area is 199 Å². The number of hydrogen-bond donors (Lipinski definition) is 2. The Bertz CT molecular complexity index is 1480. The zero-order chi connectivity index (χ0) is 24.2. The van der Waals surface area contributed by atoms with E-state index in [1.807, 2.05) is 18.2 Å². The molecule has 35 heavy (non-hydrogen) atoms. The van der Waals surface area contributed by atoms with Crippen LogP contribution in [0.2, 0.25) is 0 Å². The van der Waals surface area contributed by atoms with Gasteiger partial charge in [-0.2, -0.15) is 15.5 Å². The van der Waals surface area contributed by atoms with Gasteiger partial charge >= 0.3 is 0 Å². The summed E-state index contributed by atoms with van der Waals surface area (Å²) in [7, 11) is 0. The molecule has 0 spiro atoms. The van der Waals surface area contributed by atoms with Gasteiger partial charge in [-0.15, -0.1) is 5.11 Å². The van der Waals surface area contributed by atoms with Crippen LogP contribution >= 0.6 is 0 Å². The molecular weight excluding hydrogens is 444 g/mol. The minimum absolute atomic E-state index is 0.0456. The summed E-state index contributed by atoms with van der Waals surface area (Å²) in [6, 6.07) is 21.5. The van der Waals surface area contributed by atoms with Gasteiger partial charge in [0.15, 0.2) is 11.9 Å². The highest BCUT2D eigenvalue weighted by Gasteiger charge is 2.34. The lowest BCUT2D eigenvalue weighted by molar-refractivity contribution is 0.102. The van der Waals surface area contributed by atoms with Crippen LogP contribution in [0.4, 0.5) is 17.3 Å². The lowest BCUT2D eigenvalue weighted by atomic mass is 10.0. The van der Waals surface area contributed by atoms with Crippen molar-refractivity contribution in [3.63, 3.8) is 0 Å². The van der Waals surface area contributed by atoms with Crippen molar-refractivity contribution in [2.24, 2.45) is 21.2 Å². The van der Waals surface area contributed by atoms with E-state index in [2.05, 4.69) is 36.7 Å². The van der Waals surface area contributed by atoms with Crippen molar-refractivity contribution in [2.75, 3.05) is 10.3 Å². The highest BCUT2D eigenvalue weighted by Crippen LogP contribution is 2.39. The zero-order valence-corrected chi connectivity index (χ0v) is 18.2. The molecule has 2 unspecified atom stereocenters. The van der Waals surface area contributed by atoms with Crippen LogP contribution in [0.25, 0.3) is 10.8 Å². The fourth-order valence-corrected chi connectivity index (χ4v) is 3.67. The number of nitriles is 1. The average molecular weight is 462 g/mol. The molecular formula is C25H18N8O2. The van der Waals surface area contributed by atoms with Gasteiger partial charge in [0, 0.05) is 29.7 Å². The SMILES string of the molecule is N#CC1C=NN(c2ncccn2)C1N=Nc1c(O)c(C(=O)Nc2ccccc2)cc2ccccc12. The molecule has 10 heteroatoms. The summed E-state index contributed by atoms with van der Waals surface area (Å²) >= 11 is 0. The highest BCUT2D eigenvalue weighted by atomic mass is 16.3. The number of carbonyl (C=O) groups excluding carboxylic acids is 1. The summed E-state index contributed by atoms with van der Waals surface area (Å²) in [5, 5.41) is 38.9. The van der Waals surface area contributed by atoms with Crippen LogP contribution in [0.5, 0.6) is 5.75 Å². The Morgan fingerprint density at radius 2 is 1.80 bits per heavy atom. The van der Waals surface area contributed by atoms with E-state index >= 15 is 0 Å². The molecule has 0 saturated carbocycles. The standard InChI is InChI=1S/C25H18N8O2/c26-14-17-15-29-33(25-27-11-6-12-28-25)23(17)32-31-21-19-10-5-4-7-16(19)13-20(22(21)34)24(35)30-18-8-2-1-3-9-18/h1-13,15,17,23,34H,(H,30,35). The average Bonchev–Trinajstić information content (AvgIpc) is 3.32. The molecule has 0 saturated heterocycles.